The molecule has 1 amide bonds. The van der Waals surface area contributed by atoms with E-state index in [1.165, 1.54) is 0 Å². The van der Waals surface area contributed by atoms with E-state index in [2.05, 4.69) is 10.4 Å². The fourth-order valence-corrected chi connectivity index (χ4v) is 1.35. The van der Waals surface area contributed by atoms with Crippen LogP contribution in [-0.2, 0) is 7.05 Å². The highest BCUT2D eigenvalue weighted by Gasteiger charge is 2.07. The first-order chi connectivity index (χ1) is 7.65. The lowest BCUT2D eigenvalue weighted by Gasteiger charge is -2.02. The number of nitrogens with zero attached hydrogens (tertiary/aromatic N) is 2. The highest BCUT2D eigenvalue weighted by molar-refractivity contribution is 6.04. The fourth-order valence-electron chi connectivity index (χ4n) is 1.35. The maximum atomic E-state index is 11.8. The van der Waals surface area contributed by atoms with Crippen molar-refractivity contribution >= 4 is 29.8 Å². The molecule has 1 aromatic heterocycles. The fraction of sp³-hybridized carbons (Fsp3) is 0.0909. The minimum absolute atomic E-state index is 0. The summed E-state index contributed by atoms with van der Waals surface area (Å²) in [5.41, 5.74) is 6.68. The number of aromatic nitrogens is 2. The number of halogens is 1. The summed E-state index contributed by atoms with van der Waals surface area (Å²) in [4.78, 5) is 11.8. The van der Waals surface area contributed by atoms with Crippen molar-refractivity contribution in [2.24, 2.45) is 7.05 Å². The molecular formula is C11H13ClN4O. The Bertz CT molecular complexity index is 524. The number of nitrogen functional groups attached to an aromatic ring is 1. The molecule has 0 fully saturated rings. The summed E-state index contributed by atoms with van der Waals surface area (Å²) in [7, 11) is 1.79. The molecule has 90 valence electrons. The largest absolute Gasteiger partial charge is 0.399 e. The van der Waals surface area contributed by atoms with Crippen molar-refractivity contribution in [1.82, 2.24) is 9.78 Å². The van der Waals surface area contributed by atoms with Gasteiger partial charge in [-0.05, 0) is 18.2 Å². The second-order valence-electron chi connectivity index (χ2n) is 3.45. The molecule has 0 aliphatic carbocycles. The molecule has 0 aliphatic rings. The standard InChI is InChI=1S/C11H12N4O.ClH/c1-15-6-5-10(14-15)13-11(16)8-3-2-4-9(12)7-8;/h2-7H,12H2,1H3,(H,13,14,16);1H. The number of nitrogens with two attached hydrogens (primary N) is 1. The predicted octanol–water partition coefficient (Wildman–Crippen LogP) is 1.68. The molecule has 0 saturated heterocycles. The average Bonchev–Trinajstić information content (AvgIpc) is 2.64. The Morgan fingerprint density at radius 3 is 2.76 bits per heavy atom. The second kappa shape index (κ2) is 5.36. The van der Waals surface area contributed by atoms with E-state index in [-0.39, 0.29) is 18.3 Å². The molecule has 2 rings (SSSR count). The Hall–Kier alpha value is -2.01. The van der Waals surface area contributed by atoms with E-state index >= 15 is 0 Å². The molecule has 0 unspecified atom stereocenters. The number of nitrogens with one attached hydrogen (secondary N) is 1. The quantitative estimate of drug-likeness (QED) is 0.799. The highest BCUT2D eigenvalue weighted by atomic mass is 35.5. The van der Waals surface area contributed by atoms with Gasteiger partial charge in [0.15, 0.2) is 5.82 Å². The molecule has 0 radical (unpaired) electrons. The van der Waals surface area contributed by atoms with E-state index in [0.717, 1.165) is 0 Å². The Kier molecular flexibility index (Phi) is 4.12. The van der Waals surface area contributed by atoms with Crippen LogP contribution in [0, 0.1) is 0 Å². The van der Waals surface area contributed by atoms with Crippen LogP contribution >= 0.6 is 12.4 Å². The number of hydrogen-bond donors (Lipinski definition) is 2. The van der Waals surface area contributed by atoms with Crippen LogP contribution in [0.3, 0.4) is 0 Å². The van der Waals surface area contributed by atoms with Gasteiger partial charge >= 0.3 is 0 Å². The Morgan fingerprint density at radius 2 is 2.18 bits per heavy atom. The van der Waals surface area contributed by atoms with Crippen molar-refractivity contribution in [3.05, 3.63) is 42.1 Å². The van der Waals surface area contributed by atoms with Crippen LogP contribution in [0.4, 0.5) is 11.5 Å². The molecule has 5 nitrogen and oxygen atoms in total. The Balaban J connectivity index is 0.00000144. The predicted molar refractivity (Wildman–Crippen MR) is 69.3 cm³/mol. The van der Waals surface area contributed by atoms with E-state index in [9.17, 15) is 4.79 Å². The summed E-state index contributed by atoms with van der Waals surface area (Å²) in [6.07, 6.45) is 1.76. The first-order valence-corrected chi connectivity index (χ1v) is 4.82. The van der Waals surface area contributed by atoms with Gasteiger partial charge in [-0.15, -0.1) is 12.4 Å². The third-order valence-electron chi connectivity index (χ3n) is 2.10. The number of hydrogen-bond acceptors (Lipinski definition) is 3. The van der Waals surface area contributed by atoms with E-state index in [4.69, 9.17) is 5.73 Å². The van der Waals surface area contributed by atoms with Crippen molar-refractivity contribution in [2.75, 3.05) is 11.1 Å². The lowest BCUT2D eigenvalue weighted by atomic mass is 10.2. The van der Waals surface area contributed by atoms with Crippen LogP contribution in [0.1, 0.15) is 10.4 Å². The molecule has 0 saturated carbocycles. The van der Waals surface area contributed by atoms with Gasteiger partial charge in [-0.3, -0.25) is 9.48 Å². The van der Waals surface area contributed by atoms with Crippen molar-refractivity contribution in [3.63, 3.8) is 0 Å². The van der Waals surface area contributed by atoms with E-state index < -0.39 is 0 Å². The van der Waals surface area contributed by atoms with Crippen molar-refractivity contribution in [1.29, 1.82) is 0 Å². The van der Waals surface area contributed by atoms with Crippen LogP contribution in [0.2, 0.25) is 0 Å². The first kappa shape index (κ1) is 13.1. The van der Waals surface area contributed by atoms with Gasteiger partial charge in [0.25, 0.3) is 5.91 Å². The van der Waals surface area contributed by atoms with Gasteiger partial charge in [0.2, 0.25) is 0 Å². The summed E-state index contributed by atoms with van der Waals surface area (Å²) in [6.45, 7) is 0. The number of aryl methyl sites for hydroxylation is 1. The zero-order chi connectivity index (χ0) is 11.5. The maximum Gasteiger partial charge on any atom is 0.256 e. The lowest BCUT2D eigenvalue weighted by Crippen LogP contribution is -2.12. The van der Waals surface area contributed by atoms with Crippen LogP contribution in [0.5, 0.6) is 0 Å². The lowest BCUT2D eigenvalue weighted by molar-refractivity contribution is 0.102. The van der Waals surface area contributed by atoms with Gasteiger partial charge in [0.1, 0.15) is 0 Å². The monoisotopic (exact) mass is 252 g/mol. The van der Waals surface area contributed by atoms with Crippen LogP contribution in [0.25, 0.3) is 0 Å². The molecule has 0 bridgehead atoms. The van der Waals surface area contributed by atoms with Gasteiger partial charge in [0.05, 0.1) is 0 Å². The van der Waals surface area contributed by atoms with Gasteiger partial charge in [0, 0.05) is 30.6 Å². The minimum atomic E-state index is -0.217. The number of amides is 1. The topological polar surface area (TPSA) is 72.9 Å². The van der Waals surface area contributed by atoms with Gasteiger partial charge in [-0.2, -0.15) is 5.10 Å². The summed E-state index contributed by atoms with van der Waals surface area (Å²) in [5, 5.41) is 6.73. The number of carbonyl (C=O) groups excluding carboxylic acids is 1. The Labute approximate surface area is 105 Å². The molecule has 1 aromatic carbocycles. The third-order valence-corrected chi connectivity index (χ3v) is 2.10. The van der Waals surface area contributed by atoms with Gasteiger partial charge in [-0.25, -0.2) is 0 Å². The molecule has 1 heterocycles. The van der Waals surface area contributed by atoms with Crippen molar-refractivity contribution < 1.29 is 4.79 Å². The third kappa shape index (κ3) is 3.22. The number of rotatable bonds is 2. The SMILES string of the molecule is Cl.Cn1ccc(NC(=O)c2cccc(N)c2)n1. The molecule has 0 spiro atoms. The van der Waals surface area contributed by atoms with Crippen molar-refractivity contribution in [3.8, 4) is 0 Å². The second-order valence-corrected chi connectivity index (χ2v) is 3.45. The number of benzene rings is 1. The molecule has 3 N–H and O–H groups in total. The molecule has 2 aromatic rings. The van der Waals surface area contributed by atoms with E-state index in [1.54, 1.807) is 48.3 Å². The van der Waals surface area contributed by atoms with E-state index in [1.807, 2.05) is 0 Å². The Morgan fingerprint density at radius 1 is 1.41 bits per heavy atom. The van der Waals surface area contributed by atoms with Crippen molar-refractivity contribution in [2.45, 2.75) is 0 Å². The van der Waals surface area contributed by atoms with Crippen LogP contribution < -0.4 is 11.1 Å². The average molecular weight is 253 g/mol. The zero-order valence-corrected chi connectivity index (χ0v) is 10.1. The molecule has 0 aliphatic heterocycles. The highest BCUT2D eigenvalue weighted by Crippen LogP contribution is 2.09. The molecule has 17 heavy (non-hydrogen) atoms. The number of carbonyl (C=O) groups is 1. The minimum Gasteiger partial charge on any atom is -0.399 e. The zero-order valence-electron chi connectivity index (χ0n) is 9.25. The van der Waals surface area contributed by atoms with Crippen LogP contribution in [0.15, 0.2) is 36.5 Å². The summed E-state index contributed by atoms with van der Waals surface area (Å²) in [6, 6.07) is 8.53. The number of anilines is 2. The van der Waals surface area contributed by atoms with Crippen LogP contribution in [-0.4, -0.2) is 15.7 Å². The van der Waals surface area contributed by atoms with Gasteiger partial charge < -0.3 is 11.1 Å². The normalized spacial score (nSPS) is 9.47. The maximum absolute atomic E-state index is 11.8. The first-order valence-electron chi connectivity index (χ1n) is 4.82. The summed E-state index contributed by atoms with van der Waals surface area (Å²) in [5.74, 6) is 0.306. The molecule has 0 atom stereocenters. The summed E-state index contributed by atoms with van der Waals surface area (Å²) >= 11 is 0. The van der Waals surface area contributed by atoms with E-state index in [0.29, 0.717) is 17.1 Å². The van der Waals surface area contributed by atoms with Gasteiger partial charge in [-0.1, -0.05) is 6.07 Å². The smallest absolute Gasteiger partial charge is 0.256 e. The molecular weight excluding hydrogens is 240 g/mol. The summed E-state index contributed by atoms with van der Waals surface area (Å²) < 4.78 is 1.62. The molecule has 6 heteroatoms.